The first-order valence-corrected chi connectivity index (χ1v) is 6.75. The molecule has 0 radical (unpaired) electrons. The molecule has 1 heterocycles. The predicted octanol–water partition coefficient (Wildman–Crippen LogP) is 3.73. The number of benzene rings is 2. The Hall–Kier alpha value is -3.57. The molecule has 0 fully saturated rings. The van der Waals surface area contributed by atoms with Crippen molar-refractivity contribution in [3.05, 3.63) is 71.7 Å². The molecule has 0 aliphatic rings. The summed E-state index contributed by atoms with van der Waals surface area (Å²) in [5.74, 6) is -0.591. The lowest BCUT2D eigenvalue weighted by Crippen LogP contribution is -1.99. The summed E-state index contributed by atoms with van der Waals surface area (Å²) >= 11 is 0. The first kappa shape index (κ1) is 14.4. The van der Waals surface area contributed by atoms with Gasteiger partial charge in [-0.1, -0.05) is 12.1 Å². The van der Waals surface area contributed by atoms with Crippen LogP contribution in [0.15, 0.2) is 54.7 Å². The van der Waals surface area contributed by atoms with Crippen LogP contribution < -0.4 is 0 Å². The topological polar surface area (TPSA) is 72.7 Å². The normalized spacial score (nSPS) is 10.0. The fourth-order valence-corrected chi connectivity index (χ4v) is 2.46. The first-order chi connectivity index (χ1) is 11.2. The lowest BCUT2D eigenvalue weighted by atomic mass is 10.1. The predicted molar refractivity (Wildman–Crippen MR) is 82.3 cm³/mol. The van der Waals surface area contributed by atoms with Crippen LogP contribution in [-0.2, 0) is 0 Å². The molecule has 0 amide bonds. The Bertz CT molecular complexity index is 959. The molecule has 4 nitrogen and oxygen atoms in total. The fraction of sp³-hybridized carbons (Fsp3) is 0. The monoisotopic (exact) mass is 303 g/mol. The van der Waals surface area contributed by atoms with Crippen LogP contribution in [0.3, 0.4) is 0 Å². The van der Waals surface area contributed by atoms with Gasteiger partial charge in [-0.2, -0.15) is 10.5 Å². The molecular formula is C18H10FN3O. The number of hydrogen-bond donors (Lipinski definition) is 1. The lowest BCUT2D eigenvalue weighted by Gasteiger charge is -2.11. The second-order valence-electron chi connectivity index (χ2n) is 4.86. The highest BCUT2D eigenvalue weighted by atomic mass is 19.1. The van der Waals surface area contributed by atoms with E-state index in [0.717, 1.165) is 0 Å². The molecule has 0 saturated carbocycles. The van der Waals surface area contributed by atoms with E-state index < -0.39 is 5.82 Å². The van der Waals surface area contributed by atoms with Crippen molar-refractivity contribution in [2.45, 2.75) is 0 Å². The number of aromatic hydroxyl groups is 1. The van der Waals surface area contributed by atoms with Gasteiger partial charge in [0.2, 0.25) is 0 Å². The number of hydrogen-bond acceptors (Lipinski definition) is 3. The molecule has 2 aromatic carbocycles. The molecule has 23 heavy (non-hydrogen) atoms. The van der Waals surface area contributed by atoms with Gasteiger partial charge in [0.25, 0.3) is 0 Å². The fourth-order valence-electron chi connectivity index (χ4n) is 2.46. The summed E-state index contributed by atoms with van der Waals surface area (Å²) in [5, 5.41) is 28.7. The molecule has 1 N–H and O–H groups in total. The van der Waals surface area contributed by atoms with Crippen LogP contribution in [0.4, 0.5) is 4.39 Å². The number of halogens is 1. The third kappa shape index (κ3) is 2.41. The van der Waals surface area contributed by atoms with E-state index in [4.69, 9.17) is 0 Å². The average molecular weight is 303 g/mol. The maximum atomic E-state index is 13.2. The molecule has 5 heteroatoms. The zero-order chi connectivity index (χ0) is 16.4. The van der Waals surface area contributed by atoms with Gasteiger partial charge in [0.15, 0.2) is 5.75 Å². The Labute approximate surface area is 131 Å². The van der Waals surface area contributed by atoms with E-state index in [1.54, 1.807) is 28.8 Å². The third-order valence-electron chi connectivity index (χ3n) is 3.50. The Morgan fingerprint density at radius 2 is 1.65 bits per heavy atom. The van der Waals surface area contributed by atoms with Crippen LogP contribution in [-0.4, -0.2) is 9.67 Å². The Morgan fingerprint density at radius 1 is 0.957 bits per heavy atom. The van der Waals surface area contributed by atoms with Crippen molar-refractivity contribution in [1.29, 1.82) is 10.5 Å². The summed E-state index contributed by atoms with van der Waals surface area (Å²) in [6.07, 6.45) is 1.38. The summed E-state index contributed by atoms with van der Waals surface area (Å²) < 4.78 is 14.7. The van der Waals surface area contributed by atoms with Crippen LogP contribution >= 0.6 is 0 Å². The van der Waals surface area contributed by atoms with E-state index in [2.05, 4.69) is 6.07 Å². The van der Waals surface area contributed by atoms with E-state index in [0.29, 0.717) is 22.5 Å². The second kappa shape index (κ2) is 5.67. The molecular weight excluding hydrogens is 293 g/mol. The summed E-state index contributed by atoms with van der Waals surface area (Å²) in [7, 11) is 0. The zero-order valence-electron chi connectivity index (χ0n) is 11.9. The van der Waals surface area contributed by atoms with Gasteiger partial charge in [-0.3, -0.25) is 0 Å². The summed E-state index contributed by atoms with van der Waals surface area (Å²) in [5.41, 5.74) is 1.98. The van der Waals surface area contributed by atoms with Gasteiger partial charge in [-0.05, 0) is 36.4 Å². The van der Waals surface area contributed by atoms with Gasteiger partial charge in [0.1, 0.15) is 23.5 Å². The molecule has 3 rings (SSSR count). The van der Waals surface area contributed by atoms with Crippen molar-refractivity contribution in [2.24, 2.45) is 0 Å². The lowest BCUT2D eigenvalue weighted by molar-refractivity contribution is 0.474. The minimum Gasteiger partial charge on any atom is -0.505 e. The smallest absolute Gasteiger partial charge is 0.152 e. The molecule has 0 saturated heterocycles. The van der Waals surface area contributed by atoms with Crippen molar-refractivity contribution in [2.75, 3.05) is 0 Å². The number of nitrogens with zero attached hydrogens (tertiary/aromatic N) is 3. The molecule has 0 atom stereocenters. The van der Waals surface area contributed by atoms with Gasteiger partial charge >= 0.3 is 0 Å². The molecule has 3 aromatic rings. The standard InChI is InChI=1S/C18H10FN3O/c19-14-7-5-12(6-8-14)18-15(10-21)17(23)11-22(18)16-4-2-1-3-13(16)9-20/h1-8,11,23H. The highest BCUT2D eigenvalue weighted by Crippen LogP contribution is 2.35. The molecule has 0 unspecified atom stereocenters. The van der Waals surface area contributed by atoms with Crippen molar-refractivity contribution in [1.82, 2.24) is 4.57 Å². The van der Waals surface area contributed by atoms with Crippen LogP contribution in [0, 0.1) is 28.5 Å². The average Bonchev–Trinajstić information content (AvgIpc) is 2.91. The third-order valence-corrected chi connectivity index (χ3v) is 3.50. The highest BCUT2D eigenvalue weighted by Gasteiger charge is 2.19. The van der Waals surface area contributed by atoms with Crippen molar-refractivity contribution < 1.29 is 9.50 Å². The van der Waals surface area contributed by atoms with E-state index in [1.807, 2.05) is 6.07 Å². The summed E-state index contributed by atoms with van der Waals surface area (Å²) in [6, 6.07) is 16.5. The number of rotatable bonds is 2. The Kier molecular flexibility index (Phi) is 3.54. The van der Waals surface area contributed by atoms with Gasteiger partial charge < -0.3 is 9.67 Å². The van der Waals surface area contributed by atoms with Crippen LogP contribution in [0.1, 0.15) is 11.1 Å². The second-order valence-corrected chi connectivity index (χ2v) is 4.86. The quantitative estimate of drug-likeness (QED) is 0.784. The van der Waals surface area contributed by atoms with Gasteiger partial charge in [0, 0.05) is 5.56 Å². The van der Waals surface area contributed by atoms with E-state index in [9.17, 15) is 20.0 Å². The van der Waals surface area contributed by atoms with Gasteiger partial charge in [0.05, 0.1) is 23.1 Å². The summed E-state index contributed by atoms with van der Waals surface area (Å²) in [6.45, 7) is 0. The van der Waals surface area contributed by atoms with Crippen LogP contribution in [0.2, 0.25) is 0 Å². The SMILES string of the molecule is N#Cc1ccccc1-n1cc(O)c(C#N)c1-c1ccc(F)cc1. The minimum atomic E-state index is -0.396. The van der Waals surface area contributed by atoms with Crippen molar-refractivity contribution >= 4 is 0 Å². The van der Waals surface area contributed by atoms with Crippen molar-refractivity contribution in [3.63, 3.8) is 0 Å². The van der Waals surface area contributed by atoms with Gasteiger partial charge in [-0.25, -0.2) is 4.39 Å². The molecule has 1 aromatic heterocycles. The first-order valence-electron chi connectivity index (χ1n) is 6.75. The Morgan fingerprint density at radius 3 is 2.30 bits per heavy atom. The number of aromatic nitrogens is 1. The largest absolute Gasteiger partial charge is 0.505 e. The van der Waals surface area contributed by atoms with Crippen LogP contribution in [0.5, 0.6) is 5.75 Å². The maximum Gasteiger partial charge on any atom is 0.152 e. The molecule has 110 valence electrons. The van der Waals surface area contributed by atoms with E-state index in [1.165, 1.54) is 30.5 Å². The molecule has 0 aliphatic heterocycles. The summed E-state index contributed by atoms with van der Waals surface area (Å²) in [4.78, 5) is 0. The van der Waals surface area contributed by atoms with E-state index in [-0.39, 0.29) is 11.3 Å². The molecule has 0 bridgehead atoms. The van der Waals surface area contributed by atoms with Crippen LogP contribution in [0.25, 0.3) is 16.9 Å². The van der Waals surface area contributed by atoms with Gasteiger partial charge in [-0.15, -0.1) is 0 Å². The number of nitriles is 2. The zero-order valence-corrected chi connectivity index (χ0v) is 11.9. The number of para-hydroxylation sites is 1. The molecule has 0 spiro atoms. The molecule has 0 aliphatic carbocycles. The maximum absolute atomic E-state index is 13.2. The minimum absolute atomic E-state index is 0.0735. The highest BCUT2D eigenvalue weighted by molar-refractivity contribution is 5.74. The van der Waals surface area contributed by atoms with E-state index >= 15 is 0 Å². The van der Waals surface area contributed by atoms with Crippen molar-refractivity contribution in [3.8, 4) is 34.8 Å². The Balaban J connectivity index is 2.33.